The van der Waals surface area contributed by atoms with Crippen LogP contribution in [-0.4, -0.2) is 49.0 Å². The molecule has 0 radical (unpaired) electrons. The molecule has 0 bridgehead atoms. The number of hydrogen-bond donors (Lipinski definition) is 1. The maximum absolute atomic E-state index is 12.5. The molecule has 0 saturated heterocycles. The van der Waals surface area contributed by atoms with Crippen LogP contribution in [0.5, 0.6) is 0 Å². The van der Waals surface area contributed by atoms with Crippen molar-refractivity contribution < 1.29 is 14.0 Å². The lowest BCUT2D eigenvalue weighted by Crippen LogP contribution is -2.66. The predicted molar refractivity (Wildman–Crippen MR) is 206 cm³/mol. The van der Waals surface area contributed by atoms with Gasteiger partial charge < -0.3 is 14.5 Å². The molecule has 1 N–H and O–H groups in total. The van der Waals surface area contributed by atoms with E-state index in [2.05, 4.69) is 111 Å². The van der Waals surface area contributed by atoms with Gasteiger partial charge in [0.25, 0.3) is 8.32 Å². The molecule has 4 aromatic rings. The zero-order chi connectivity index (χ0) is 35.2. The lowest BCUT2D eigenvalue weighted by molar-refractivity contribution is -0.143. The monoisotopic (exact) mass is 690 g/mol. The number of hydrogen-bond acceptors (Lipinski definition) is 7. The standard InChI is InChI=1S/C42H54N4O3Si/c1-5-48-40(47)30-34(18-10-6-7-11-20-36-27-26-33-19-16-28-43-41(33)46-36)35-31-44-39(45-32-35)25-17-29-49-50(42(2,3)4,37-21-12-8-13-22-37)38-23-14-9-15-24-38/h8-10,12-15,18,21-24,26-27,31-32,34H,5-7,11,16-17,19-20,25,28-30H2,1-4H3,(H,43,46)/b18-10+/t34-/m0/s1. The first-order chi connectivity index (χ1) is 24.3. The minimum atomic E-state index is -2.58. The molecule has 264 valence electrons. The van der Waals surface area contributed by atoms with Crippen molar-refractivity contribution in [3.63, 3.8) is 0 Å². The number of nitrogens with one attached hydrogen (secondary N) is 1. The van der Waals surface area contributed by atoms with E-state index in [1.54, 1.807) is 0 Å². The summed E-state index contributed by atoms with van der Waals surface area (Å²) in [7, 11) is -2.58. The zero-order valence-corrected chi connectivity index (χ0v) is 31.4. The Kier molecular flexibility index (Phi) is 13.5. The summed E-state index contributed by atoms with van der Waals surface area (Å²) in [6.07, 6.45) is 16.1. The van der Waals surface area contributed by atoms with Crippen LogP contribution >= 0.6 is 0 Å². The number of pyridine rings is 1. The quantitative estimate of drug-likeness (QED) is 0.0525. The normalized spacial score (nSPS) is 13.8. The van der Waals surface area contributed by atoms with Crippen LogP contribution in [0.1, 0.15) is 94.8 Å². The molecule has 3 heterocycles. The molecule has 0 saturated carbocycles. The molecule has 0 fully saturated rings. The Hall–Kier alpha value is -4.14. The largest absolute Gasteiger partial charge is 0.466 e. The van der Waals surface area contributed by atoms with E-state index in [4.69, 9.17) is 24.1 Å². The van der Waals surface area contributed by atoms with Crippen LogP contribution in [0.3, 0.4) is 0 Å². The number of aryl methyl sites for hydroxylation is 3. The number of esters is 1. The summed E-state index contributed by atoms with van der Waals surface area (Å²) in [5.74, 6) is 1.51. The maximum atomic E-state index is 12.5. The highest BCUT2D eigenvalue weighted by Crippen LogP contribution is 2.37. The summed E-state index contributed by atoms with van der Waals surface area (Å²) < 4.78 is 12.3. The number of carbonyl (C=O) groups excluding carboxylic acids is 1. The molecular formula is C42H54N4O3Si. The Morgan fingerprint density at radius 3 is 2.28 bits per heavy atom. The van der Waals surface area contributed by atoms with Gasteiger partial charge >= 0.3 is 5.97 Å². The average Bonchev–Trinajstić information content (AvgIpc) is 3.13. The number of aromatic nitrogens is 3. The number of rotatable bonds is 17. The number of anilines is 1. The number of nitrogens with zero attached hydrogens (tertiary/aromatic N) is 3. The second-order valence-corrected chi connectivity index (χ2v) is 18.5. The van der Waals surface area contributed by atoms with E-state index >= 15 is 0 Å². The number of ether oxygens (including phenoxy) is 1. The molecule has 0 unspecified atom stereocenters. The van der Waals surface area contributed by atoms with E-state index in [1.165, 1.54) is 22.4 Å². The number of carbonyl (C=O) groups is 1. The second-order valence-electron chi connectivity index (χ2n) is 14.2. The van der Waals surface area contributed by atoms with Gasteiger partial charge in [0.15, 0.2) is 0 Å². The van der Waals surface area contributed by atoms with Gasteiger partial charge in [0.2, 0.25) is 0 Å². The van der Waals surface area contributed by atoms with Crippen molar-refractivity contribution in [3.05, 3.63) is 120 Å². The van der Waals surface area contributed by atoms with Crippen LogP contribution in [0.4, 0.5) is 5.82 Å². The summed E-state index contributed by atoms with van der Waals surface area (Å²) >= 11 is 0. The topological polar surface area (TPSA) is 86.2 Å². The number of unbranched alkanes of at least 4 members (excludes halogenated alkanes) is 2. The molecule has 2 aromatic heterocycles. The van der Waals surface area contributed by atoms with Gasteiger partial charge in [-0.3, -0.25) is 4.79 Å². The van der Waals surface area contributed by atoms with E-state index in [9.17, 15) is 4.79 Å². The predicted octanol–water partition coefficient (Wildman–Crippen LogP) is 7.74. The smallest absolute Gasteiger partial charge is 0.306 e. The van der Waals surface area contributed by atoms with Gasteiger partial charge in [-0.2, -0.15) is 0 Å². The van der Waals surface area contributed by atoms with Crippen molar-refractivity contribution in [2.75, 3.05) is 25.1 Å². The van der Waals surface area contributed by atoms with Gasteiger partial charge in [-0.05, 0) is 84.5 Å². The van der Waals surface area contributed by atoms with E-state index in [0.29, 0.717) is 19.6 Å². The minimum Gasteiger partial charge on any atom is -0.466 e. The Bertz CT molecular complexity index is 1620. The van der Waals surface area contributed by atoms with E-state index < -0.39 is 8.32 Å². The van der Waals surface area contributed by atoms with Crippen molar-refractivity contribution in [1.82, 2.24) is 15.0 Å². The summed E-state index contributed by atoms with van der Waals surface area (Å²) in [6, 6.07) is 25.9. The molecule has 7 nitrogen and oxygen atoms in total. The molecule has 2 aromatic carbocycles. The highest BCUT2D eigenvalue weighted by atomic mass is 28.4. The summed E-state index contributed by atoms with van der Waals surface area (Å²) in [6.45, 7) is 10.7. The Morgan fingerprint density at radius 2 is 1.62 bits per heavy atom. The molecule has 50 heavy (non-hydrogen) atoms. The van der Waals surface area contributed by atoms with Crippen molar-refractivity contribution in [1.29, 1.82) is 0 Å². The fraction of sp³-hybridized carbons (Fsp3) is 0.429. The van der Waals surface area contributed by atoms with Gasteiger partial charge in [0, 0.05) is 43.6 Å². The van der Waals surface area contributed by atoms with Crippen LogP contribution < -0.4 is 15.7 Å². The third kappa shape index (κ3) is 9.76. The first kappa shape index (κ1) is 37.1. The highest BCUT2D eigenvalue weighted by molar-refractivity contribution is 6.99. The molecule has 8 heteroatoms. The van der Waals surface area contributed by atoms with E-state index in [1.807, 2.05) is 19.3 Å². The Balaban J connectivity index is 1.17. The van der Waals surface area contributed by atoms with Gasteiger partial charge in [-0.1, -0.05) is 99.7 Å². The van der Waals surface area contributed by atoms with Crippen molar-refractivity contribution in [3.8, 4) is 0 Å². The Labute approximate surface area is 300 Å². The third-order valence-electron chi connectivity index (χ3n) is 9.50. The Morgan fingerprint density at radius 1 is 0.920 bits per heavy atom. The minimum absolute atomic E-state index is 0.0639. The van der Waals surface area contributed by atoms with Crippen LogP contribution in [0.15, 0.2) is 97.3 Å². The van der Waals surface area contributed by atoms with E-state index in [-0.39, 0.29) is 23.3 Å². The lowest BCUT2D eigenvalue weighted by atomic mass is 9.97. The van der Waals surface area contributed by atoms with Crippen molar-refractivity contribution >= 4 is 30.5 Å². The van der Waals surface area contributed by atoms with Crippen LogP contribution in [0.25, 0.3) is 0 Å². The third-order valence-corrected chi connectivity index (χ3v) is 14.5. The maximum Gasteiger partial charge on any atom is 0.306 e. The second kappa shape index (κ2) is 18.2. The van der Waals surface area contributed by atoms with Crippen LogP contribution in [0.2, 0.25) is 5.04 Å². The van der Waals surface area contributed by atoms with Gasteiger partial charge in [0.05, 0.1) is 13.0 Å². The van der Waals surface area contributed by atoms with Gasteiger partial charge in [0.1, 0.15) is 11.6 Å². The summed E-state index contributed by atoms with van der Waals surface area (Å²) in [5.41, 5.74) is 3.40. The first-order valence-corrected chi connectivity index (χ1v) is 20.3. The molecular weight excluding hydrogens is 637 g/mol. The van der Waals surface area contributed by atoms with Crippen molar-refractivity contribution in [2.45, 2.75) is 96.4 Å². The summed E-state index contributed by atoms with van der Waals surface area (Å²) in [4.78, 5) is 26.8. The molecule has 1 aliphatic heterocycles. The zero-order valence-electron chi connectivity index (χ0n) is 30.4. The van der Waals surface area contributed by atoms with Gasteiger partial charge in [-0.15, -0.1) is 0 Å². The van der Waals surface area contributed by atoms with Gasteiger partial charge in [-0.25, -0.2) is 15.0 Å². The molecule has 5 rings (SSSR count). The van der Waals surface area contributed by atoms with Crippen LogP contribution in [-0.2, 0) is 33.2 Å². The SMILES string of the molecule is CCOC(=O)C[C@H](/C=C/CCCCc1ccc2c(n1)NCCC2)c1cnc(CCCO[Si](c2ccccc2)(c2ccccc2)C(C)(C)C)nc1. The van der Waals surface area contributed by atoms with Crippen molar-refractivity contribution in [2.24, 2.45) is 0 Å². The molecule has 0 spiro atoms. The number of allylic oxidation sites excluding steroid dienone is 2. The molecule has 1 atom stereocenters. The highest BCUT2D eigenvalue weighted by Gasteiger charge is 2.49. The first-order valence-electron chi connectivity index (χ1n) is 18.4. The van der Waals surface area contributed by atoms with Crippen LogP contribution in [0, 0.1) is 0 Å². The molecule has 0 aliphatic carbocycles. The average molecular weight is 691 g/mol. The fourth-order valence-electron chi connectivity index (χ4n) is 6.94. The fourth-order valence-corrected chi connectivity index (χ4v) is 11.5. The molecule has 1 aliphatic rings. The number of benzene rings is 2. The lowest BCUT2D eigenvalue weighted by Gasteiger charge is -2.43. The van der Waals surface area contributed by atoms with E-state index in [0.717, 1.165) is 68.0 Å². The summed E-state index contributed by atoms with van der Waals surface area (Å²) in [5, 5.41) is 5.93. The number of fused-ring (bicyclic) bond motifs is 1. The molecule has 0 amide bonds.